The molecule has 2 unspecified atom stereocenters. The molecule has 0 saturated heterocycles. The zero-order valence-electron chi connectivity index (χ0n) is 25.1. The van der Waals surface area contributed by atoms with Gasteiger partial charge in [-0.1, -0.05) is 110 Å². The molecule has 0 aliphatic heterocycles. The average molecular weight is 571 g/mol. The molecule has 9 rings (SSSR count). The van der Waals surface area contributed by atoms with E-state index in [0.29, 0.717) is 11.1 Å². The van der Waals surface area contributed by atoms with Crippen molar-refractivity contribution in [2.75, 3.05) is 0 Å². The minimum Gasteiger partial charge on any atom is -0.347 e. The third kappa shape index (κ3) is 3.23. The van der Waals surface area contributed by atoms with Gasteiger partial charge in [-0.3, -0.25) is 0 Å². The number of fused-ring (bicyclic) bond motifs is 9. The first-order valence-corrected chi connectivity index (χ1v) is 18.6. The van der Waals surface area contributed by atoms with Gasteiger partial charge in [0.2, 0.25) is 0 Å². The van der Waals surface area contributed by atoms with Crippen molar-refractivity contribution < 1.29 is 0 Å². The van der Waals surface area contributed by atoms with E-state index in [-0.39, 0.29) is 0 Å². The Bertz CT molecular complexity index is 2310. The van der Waals surface area contributed by atoms with Crippen molar-refractivity contribution in [3.05, 3.63) is 138 Å². The largest absolute Gasteiger partial charge is 0.347 e. The van der Waals surface area contributed by atoms with Crippen molar-refractivity contribution in [3.63, 3.8) is 0 Å². The zero-order chi connectivity index (χ0) is 29.0. The molecule has 2 atom stereocenters. The molecule has 2 aliphatic carbocycles. The summed E-state index contributed by atoms with van der Waals surface area (Å²) >= 11 is 0. The molecule has 43 heavy (non-hydrogen) atoms. The summed E-state index contributed by atoms with van der Waals surface area (Å²) < 4.78 is 4.81. The van der Waals surface area contributed by atoms with E-state index in [2.05, 4.69) is 158 Å². The molecule has 0 radical (unpaired) electrons. The normalized spacial score (nSPS) is 17.2. The quantitative estimate of drug-likeness (QED) is 0.187. The van der Waals surface area contributed by atoms with Crippen LogP contribution in [0.4, 0.5) is 0 Å². The number of para-hydroxylation sites is 2. The molecule has 3 heteroatoms. The van der Waals surface area contributed by atoms with Gasteiger partial charge in [0.1, 0.15) is 0 Å². The summed E-state index contributed by atoms with van der Waals surface area (Å²) in [6, 6.07) is 41.0. The number of hydrogen-bond acceptors (Lipinski definition) is 0. The van der Waals surface area contributed by atoms with E-state index >= 15 is 0 Å². The van der Waals surface area contributed by atoms with E-state index in [0.717, 1.165) is 0 Å². The van der Waals surface area contributed by atoms with Crippen LogP contribution in [0, 0.1) is 0 Å². The Balaban J connectivity index is 1.19. The summed E-state index contributed by atoms with van der Waals surface area (Å²) in [6.07, 6.45) is 4.97. The lowest BCUT2D eigenvalue weighted by Gasteiger charge is -2.37. The number of rotatable bonds is 3. The molecule has 0 fully saturated rings. The molecule has 0 saturated carbocycles. The van der Waals surface area contributed by atoms with Gasteiger partial charge < -0.3 is 9.13 Å². The van der Waals surface area contributed by atoms with Gasteiger partial charge in [0.05, 0.1) is 8.07 Å². The topological polar surface area (TPSA) is 9.86 Å². The first-order valence-electron chi connectivity index (χ1n) is 15.4. The molecule has 2 heterocycles. The highest BCUT2D eigenvalue weighted by molar-refractivity contribution is 6.81. The van der Waals surface area contributed by atoms with Gasteiger partial charge in [0, 0.05) is 63.6 Å². The summed E-state index contributed by atoms with van der Waals surface area (Å²) in [6.45, 7) is 5.25. The molecular formula is C40H34N2Si. The van der Waals surface area contributed by atoms with Crippen LogP contribution in [-0.4, -0.2) is 17.2 Å². The van der Waals surface area contributed by atoms with Crippen molar-refractivity contribution >= 4 is 46.9 Å². The van der Waals surface area contributed by atoms with Crippen molar-refractivity contribution in [1.82, 2.24) is 9.13 Å². The maximum Gasteiger partial charge on any atom is 0.0742 e. The van der Waals surface area contributed by atoms with Gasteiger partial charge in [-0.2, -0.15) is 0 Å². The third-order valence-corrected chi connectivity index (χ3v) is 14.8. The van der Waals surface area contributed by atoms with Gasteiger partial charge in [0.25, 0.3) is 0 Å². The minimum atomic E-state index is -2.00. The second-order valence-electron chi connectivity index (χ2n) is 13.1. The van der Waals surface area contributed by atoms with Gasteiger partial charge in [-0.25, -0.2) is 0 Å². The fourth-order valence-electron chi connectivity index (χ4n) is 8.66. The molecule has 7 aromatic rings. The standard InChI is InChI=1S/C40H34N2Si/c1-41-34-18-9-7-12-28(34)33-24-25(20-22-36(33)41)26-16-11-17-29-27(26)21-23-37(29)43(3,4)40-31-14-6-5-13-30(31)38-32-15-8-10-19-35(32)42(2)39(38)40/h5-24,37,40H,1-4H3. The Morgan fingerprint density at radius 3 is 2.07 bits per heavy atom. The minimum absolute atomic E-state index is 0.424. The molecule has 2 aliphatic rings. The number of hydrogen-bond donors (Lipinski definition) is 0. The molecule has 0 amide bonds. The van der Waals surface area contributed by atoms with Crippen LogP contribution in [0.3, 0.4) is 0 Å². The first-order chi connectivity index (χ1) is 20.9. The van der Waals surface area contributed by atoms with Crippen molar-refractivity contribution in [2.45, 2.75) is 24.2 Å². The number of benzene rings is 5. The summed E-state index contributed by atoms with van der Waals surface area (Å²) in [5, 5.41) is 4.03. The first kappa shape index (κ1) is 24.9. The van der Waals surface area contributed by atoms with Gasteiger partial charge in [0.15, 0.2) is 0 Å². The highest BCUT2D eigenvalue weighted by Gasteiger charge is 2.48. The SMILES string of the molecule is Cn1c2c(c3ccccc31)-c1ccccc1C2[Si](C)(C)C1C=Cc2c(-c3ccc4c(c3)c3ccccc3n4C)cccc21. The fraction of sp³-hybridized carbons (Fsp3) is 0.150. The zero-order valence-corrected chi connectivity index (χ0v) is 26.1. The molecule has 2 nitrogen and oxygen atoms in total. The highest BCUT2D eigenvalue weighted by atomic mass is 28.3. The highest BCUT2D eigenvalue weighted by Crippen LogP contribution is 2.56. The average Bonchev–Trinajstić information content (AvgIpc) is 3.77. The lowest BCUT2D eigenvalue weighted by atomic mass is 9.96. The fourth-order valence-corrected chi connectivity index (χ4v) is 12.8. The van der Waals surface area contributed by atoms with Crippen molar-refractivity contribution in [3.8, 4) is 22.3 Å². The van der Waals surface area contributed by atoms with E-state index < -0.39 is 8.07 Å². The Kier molecular flexibility index (Phi) is 5.06. The van der Waals surface area contributed by atoms with Crippen LogP contribution < -0.4 is 0 Å². The molecule has 2 aromatic heterocycles. The smallest absolute Gasteiger partial charge is 0.0742 e. The molecule has 5 aromatic carbocycles. The monoisotopic (exact) mass is 570 g/mol. The maximum absolute atomic E-state index is 2.63. The van der Waals surface area contributed by atoms with E-state index in [9.17, 15) is 0 Å². The number of allylic oxidation sites excluding steroid dienone is 1. The number of nitrogens with zero attached hydrogens (tertiary/aromatic N) is 2. The van der Waals surface area contributed by atoms with E-state index in [4.69, 9.17) is 0 Å². The van der Waals surface area contributed by atoms with Gasteiger partial charge in [-0.15, -0.1) is 0 Å². The van der Waals surface area contributed by atoms with E-state index in [1.807, 2.05) is 0 Å². The summed E-state index contributed by atoms with van der Waals surface area (Å²) in [5.74, 6) is 0. The molecule has 0 bridgehead atoms. The van der Waals surface area contributed by atoms with Crippen molar-refractivity contribution in [1.29, 1.82) is 0 Å². The third-order valence-electron chi connectivity index (χ3n) is 10.7. The summed E-state index contributed by atoms with van der Waals surface area (Å²) in [4.78, 5) is 0. The van der Waals surface area contributed by atoms with Gasteiger partial charge in [-0.05, 0) is 63.2 Å². The predicted molar refractivity (Wildman–Crippen MR) is 185 cm³/mol. The number of aryl methyl sites for hydroxylation is 2. The van der Waals surface area contributed by atoms with Crippen LogP contribution in [0.15, 0.2) is 115 Å². The molecular weight excluding hydrogens is 537 g/mol. The van der Waals surface area contributed by atoms with Crippen LogP contribution in [0.25, 0.3) is 61.0 Å². The second-order valence-corrected chi connectivity index (χ2v) is 18.0. The Morgan fingerprint density at radius 1 is 0.581 bits per heavy atom. The Labute approximate surface area is 253 Å². The van der Waals surface area contributed by atoms with Crippen molar-refractivity contribution in [2.24, 2.45) is 14.1 Å². The summed E-state index contributed by atoms with van der Waals surface area (Å²) in [7, 11) is 2.46. The molecule has 0 spiro atoms. The van der Waals surface area contributed by atoms with Crippen LogP contribution in [0.5, 0.6) is 0 Å². The second kappa shape index (κ2) is 8.71. The molecule has 208 valence electrons. The van der Waals surface area contributed by atoms with Crippen LogP contribution in [0.1, 0.15) is 33.5 Å². The van der Waals surface area contributed by atoms with E-state index in [1.54, 1.807) is 0 Å². The molecule has 0 N–H and O–H groups in total. The maximum atomic E-state index is 2.63. The Hall–Kier alpha value is -4.60. The van der Waals surface area contributed by atoms with Gasteiger partial charge >= 0.3 is 0 Å². The number of aromatic nitrogens is 2. The predicted octanol–water partition coefficient (Wildman–Crippen LogP) is 10.2. The Morgan fingerprint density at radius 2 is 1.23 bits per heavy atom. The van der Waals surface area contributed by atoms with Crippen LogP contribution >= 0.6 is 0 Å². The van der Waals surface area contributed by atoms with E-state index in [1.165, 1.54) is 77.3 Å². The lowest BCUT2D eigenvalue weighted by Crippen LogP contribution is -2.41. The summed E-state index contributed by atoms with van der Waals surface area (Å²) in [5.41, 5.74) is 16.2. The van der Waals surface area contributed by atoms with Crippen LogP contribution in [-0.2, 0) is 14.1 Å². The lowest BCUT2D eigenvalue weighted by molar-refractivity contribution is 0.855. The van der Waals surface area contributed by atoms with Crippen LogP contribution in [0.2, 0.25) is 13.1 Å².